The van der Waals surface area contributed by atoms with E-state index in [2.05, 4.69) is 10.6 Å². The fourth-order valence-electron chi connectivity index (χ4n) is 1.69. The van der Waals surface area contributed by atoms with E-state index in [0.717, 1.165) is 12.0 Å². The number of hydrogen-bond donors (Lipinski definition) is 4. The summed E-state index contributed by atoms with van der Waals surface area (Å²) in [6, 6.07) is 5.23. The summed E-state index contributed by atoms with van der Waals surface area (Å²) >= 11 is 0. The number of amides is 2. The first-order valence-electron chi connectivity index (χ1n) is 7.11. The number of anilines is 1. The minimum absolute atomic E-state index is 0.277. The number of rotatable bonds is 6. The molecule has 0 heterocycles. The number of nitrogens with one attached hydrogen (secondary N) is 2. The number of benzene rings is 1. The van der Waals surface area contributed by atoms with Gasteiger partial charge in [-0.3, -0.25) is 0 Å². The molecule has 0 fully saturated rings. The first-order chi connectivity index (χ1) is 9.85. The molecule has 1 aromatic rings. The minimum Gasteiger partial charge on any atom is -0.491 e. The molecule has 0 unspecified atom stereocenters. The Morgan fingerprint density at radius 2 is 2.00 bits per heavy atom. The molecule has 0 saturated heterocycles. The van der Waals surface area contributed by atoms with Gasteiger partial charge in [-0.05, 0) is 51.4 Å². The van der Waals surface area contributed by atoms with E-state index in [0.29, 0.717) is 31.1 Å². The van der Waals surface area contributed by atoms with Gasteiger partial charge in [0, 0.05) is 12.1 Å². The lowest BCUT2D eigenvalue weighted by atomic mass is 10.1. The smallest absolute Gasteiger partial charge is 0.319 e. The molecule has 1 rings (SSSR count). The van der Waals surface area contributed by atoms with E-state index in [9.17, 15) is 4.79 Å². The summed E-state index contributed by atoms with van der Waals surface area (Å²) in [5.74, 6) is 0.615. The highest BCUT2D eigenvalue weighted by molar-refractivity contribution is 5.91. The zero-order valence-corrected chi connectivity index (χ0v) is 13.0. The third-order valence-corrected chi connectivity index (χ3v) is 2.62. The van der Waals surface area contributed by atoms with Gasteiger partial charge in [0.1, 0.15) is 5.75 Å². The largest absolute Gasteiger partial charge is 0.491 e. The van der Waals surface area contributed by atoms with E-state index in [1.54, 1.807) is 0 Å². The molecule has 118 valence electrons. The van der Waals surface area contributed by atoms with Gasteiger partial charge in [0.15, 0.2) is 0 Å². The third-order valence-electron chi connectivity index (χ3n) is 2.62. The number of carbonyl (C=O) groups is 1. The summed E-state index contributed by atoms with van der Waals surface area (Å²) in [5, 5.41) is 5.65. The Bertz CT molecular complexity index is 469. The van der Waals surface area contributed by atoms with Crippen molar-refractivity contribution in [1.29, 1.82) is 0 Å². The van der Waals surface area contributed by atoms with Gasteiger partial charge in [-0.2, -0.15) is 0 Å². The van der Waals surface area contributed by atoms with Crippen LogP contribution < -0.4 is 26.8 Å². The lowest BCUT2D eigenvalue weighted by Crippen LogP contribution is -2.43. The molecule has 21 heavy (non-hydrogen) atoms. The predicted molar refractivity (Wildman–Crippen MR) is 85.4 cm³/mol. The van der Waals surface area contributed by atoms with Crippen molar-refractivity contribution in [3.8, 4) is 5.75 Å². The molecule has 0 atom stereocenters. The predicted octanol–water partition coefficient (Wildman–Crippen LogP) is 1.79. The van der Waals surface area contributed by atoms with Crippen LogP contribution >= 0.6 is 0 Å². The molecule has 0 aliphatic heterocycles. The van der Waals surface area contributed by atoms with Crippen LogP contribution in [-0.2, 0) is 6.54 Å². The second-order valence-electron chi connectivity index (χ2n) is 5.85. The summed E-state index contributed by atoms with van der Waals surface area (Å²) in [5.41, 5.74) is 12.3. The molecule has 6 nitrogen and oxygen atoms in total. The van der Waals surface area contributed by atoms with Crippen LogP contribution in [0.25, 0.3) is 0 Å². The second kappa shape index (κ2) is 7.85. The van der Waals surface area contributed by atoms with Crippen molar-refractivity contribution < 1.29 is 9.53 Å². The number of nitrogens with two attached hydrogens (primary N) is 2. The van der Waals surface area contributed by atoms with Crippen molar-refractivity contribution in [2.45, 2.75) is 39.3 Å². The molecule has 0 aromatic heterocycles. The molecule has 0 saturated carbocycles. The molecule has 0 bridgehead atoms. The van der Waals surface area contributed by atoms with Gasteiger partial charge in [-0.15, -0.1) is 0 Å². The number of carbonyl (C=O) groups excluding carboxylic acids is 1. The summed E-state index contributed by atoms with van der Waals surface area (Å²) in [4.78, 5) is 12.0. The van der Waals surface area contributed by atoms with Gasteiger partial charge in [0.25, 0.3) is 0 Å². The van der Waals surface area contributed by atoms with E-state index >= 15 is 0 Å². The molecular weight excluding hydrogens is 268 g/mol. The zero-order chi connectivity index (χ0) is 15.9. The van der Waals surface area contributed by atoms with Gasteiger partial charge in [-0.25, -0.2) is 4.79 Å². The van der Waals surface area contributed by atoms with Crippen LogP contribution in [0.2, 0.25) is 0 Å². The van der Waals surface area contributed by atoms with Gasteiger partial charge in [-0.1, -0.05) is 6.07 Å². The van der Waals surface area contributed by atoms with Crippen LogP contribution in [0, 0.1) is 0 Å². The Morgan fingerprint density at radius 1 is 1.29 bits per heavy atom. The van der Waals surface area contributed by atoms with E-state index in [-0.39, 0.29) is 11.6 Å². The van der Waals surface area contributed by atoms with Gasteiger partial charge in [0.2, 0.25) is 0 Å². The fourth-order valence-corrected chi connectivity index (χ4v) is 1.69. The van der Waals surface area contributed by atoms with E-state index in [1.165, 1.54) is 0 Å². The molecule has 6 heteroatoms. The van der Waals surface area contributed by atoms with Crippen LogP contribution in [0.5, 0.6) is 5.75 Å². The van der Waals surface area contributed by atoms with Crippen molar-refractivity contribution in [1.82, 2.24) is 5.32 Å². The van der Waals surface area contributed by atoms with E-state index in [4.69, 9.17) is 16.2 Å². The Kier molecular flexibility index (Phi) is 6.45. The van der Waals surface area contributed by atoms with Gasteiger partial charge >= 0.3 is 6.03 Å². The van der Waals surface area contributed by atoms with E-state index < -0.39 is 0 Å². The van der Waals surface area contributed by atoms with Gasteiger partial charge in [0.05, 0.1) is 12.3 Å². The number of ether oxygens (including phenoxy) is 1. The average Bonchev–Trinajstić information content (AvgIpc) is 2.38. The highest BCUT2D eigenvalue weighted by Gasteiger charge is 2.15. The lowest BCUT2D eigenvalue weighted by Gasteiger charge is -2.21. The molecule has 0 aliphatic rings. The average molecular weight is 294 g/mol. The van der Waals surface area contributed by atoms with E-state index in [1.807, 2.05) is 39.0 Å². The Balaban J connectivity index is 2.83. The topological polar surface area (TPSA) is 102 Å². The number of hydrogen-bond acceptors (Lipinski definition) is 4. The SMILES string of the molecule is CC(C)(C)NC(=O)Nc1cc(CN)ccc1OCCCN. The maximum atomic E-state index is 12.0. The summed E-state index contributed by atoms with van der Waals surface area (Å²) in [7, 11) is 0. The fraction of sp³-hybridized carbons (Fsp3) is 0.533. The van der Waals surface area contributed by atoms with Crippen molar-refractivity contribution in [2.75, 3.05) is 18.5 Å². The van der Waals surface area contributed by atoms with Crippen LogP contribution in [0.4, 0.5) is 10.5 Å². The van der Waals surface area contributed by atoms with Crippen LogP contribution in [0.1, 0.15) is 32.8 Å². The first kappa shape index (κ1) is 17.3. The first-order valence-corrected chi connectivity index (χ1v) is 7.11. The van der Waals surface area contributed by atoms with Gasteiger partial charge < -0.3 is 26.8 Å². The maximum Gasteiger partial charge on any atom is 0.319 e. The monoisotopic (exact) mass is 294 g/mol. The molecular formula is C15H26N4O2. The van der Waals surface area contributed by atoms with Crippen LogP contribution in [0.15, 0.2) is 18.2 Å². The molecule has 0 radical (unpaired) electrons. The highest BCUT2D eigenvalue weighted by atomic mass is 16.5. The highest BCUT2D eigenvalue weighted by Crippen LogP contribution is 2.26. The quantitative estimate of drug-likeness (QED) is 0.601. The molecule has 0 spiro atoms. The zero-order valence-electron chi connectivity index (χ0n) is 13.0. The summed E-state index contributed by atoms with van der Waals surface area (Å²) in [6.45, 7) is 7.23. The Labute approximate surface area is 126 Å². The van der Waals surface area contributed by atoms with Crippen molar-refractivity contribution >= 4 is 11.7 Å². The lowest BCUT2D eigenvalue weighted by molar-refractivity contribution is 0.243. The second-order valence-corrected chi connectivity index (χ2v) is 5.85. The summed E-state index contributed by atoms with van der Waals surface area (Å²) in [6.07, 6.45) is 0.756. The number of urea groups is 1. The molecule has 2 amide bonds. The molecule has 6 N–H and O–H groups in total. The maximum absolute atomic E-state index is 12.0. The third kappa shape index (κ3) is 6.46. The van der Waals surface area contributed by atoms with Crippen LogP contribution in [0.3, 0.4) is 0 Å². The van der Waals surface area contributed by atoms with Crippen molar-refractivity contribution in [2.24, 2.45) is 11.5 Å². The molecule has 1 aromatic carbocycles. The Hall–Kier alpha value is -1.79. The normalized spacial score (nSPS) is 11.1. The Morgan fingerprint density at radius 3 is 2.57 bits per heavy atom. The standard InChI is InChI=1S/C15H26N4O2/c1-15(2,3)19-14(20)18-12-9-11(10-17)5-6-13(12)21-8-4-7-16/h5-6,9H,4,7-8,10,16-17H2,1-3H3,(H2,18,19,20). The van der Waals surface area contributed by atoms with Crippen LogP contribution in [-0.4, -0.2) is 24.7 Å². The summed E-state index contributed by atoms with van der Waals surface area (Å²) < 4.78 is 5.64. The molecule has 0 aliphatic carbocycles. The minimum atomic E-state index is -0.309. The van der Waals surface area contributed by atoms with Crippen molar-refractivity contribution in [3.05, 3.63) is 23.8 Å². The van der Waals surface area contributed by atoms with Crippen molar-refractivity contribution in [3.63, 3.8) is 0 Å².